The molecular formula is C34H46N4O3. The number of hydrogen-bond acceptors (Lipinski definition) is 5. The van der Waals surface area contributed by atoms with Gasteiger partial charge >= 0.3 is 5.97 Å². The molecule has 0 spiro atoms. The van der Waals surface area contributed by atoms with Crippen molar-refractivity contribution in [3.05, 3.63) is 65.4 Å². The molecule has 1 amide bonds. The first-order valence-corrected chi connectivity index (χ1v) is 15.2. The van der Waals surface area contributed by atoms with Crippen molar-refractivity contribution >= 4 is 23.5 Å². The summed E-state index contributed by atoms with van der Waals surface area (Å²) in [6.07, 6.45) is 11.8. The number of benzene rings is 1. The number of methoxy groups -OCH3 is 1. The van der Waals surface area contributed by atoms with E-state index >= 15 is 0 Å². The maximum Gasteiger partial charge on any atom is 0.338 e. The van der Waals surface area contributed by atoms with Crippen LogP contribution >= 0.6 is 0 Å². The van der Waals surface area contributed by atoms with Crippen LogP contribution in [0.5, 0.6) is 0 Å². The summed E-state index contributed by atoms with van der Waals surface area (Å²) < 4.78 is 6.89. The standard InChI is InChI=1S/C34H46N4O3/c1-25(2)15-21-37(22-16-26(3)4)33(39)27-17-23-38-31(24-27)30(14-11-20-36-18-9-6-10-19-36)32(35-38)28-12-7-8-13-29(28)34(40)41-5/h7-8,11-14,17,23-26H,6,9-10,15-16,18-22H2,1-5H3/b14-11+. The second-order valence-corrected chi connectivity index (χ2v) is 12.0. The third kappa shape index (κ3) is 7.85. The Morgan fingerprint density at radius 3 is 2.34 bits per heavy atom. The zero-order valence-electron chi connectivity index (χ0n) is 25.4. The van der Waals surface area contributed by atoms with Crippen molar-refractivity contribution in [2.75, 3.05) is 39.8 Å². The zero-order valence-corrected chi connectivity index (χ0v) is 25.4. The maximum absolute atomic E-state index is 13.8. The molecule has 3 heterocycles. The smallest absolute Gasteiger partial charge is 0.338 e. The van der Waals surface area contributed by atoms with E-state index < -0.39 is 5.97 Å². The molecule has 0 atom stereocenters. The summed E-state index contributed by atoms with van der Waals surface area (Å²) in [7, 11) is 1.39. The van der Waals surface area contributed by atoms with Crippen molar-refractivity contribution < 1.29 is 14.3 Å². The first-order valence-electron chi connectivity index (χ1n) is 15.2. The van der Waals surface area contributed by atoms with Crippen LogP contribution in [0.15, 0.2) is 48.7 Å². The highest BCUT2D eigenvalue weighted by atomic mass is 16.5. The van der Waals surface area contributed by atoms with Crippen LogP contribution in [0.25, 0.3) is 22.9 Å². The third-order valence-corrected chi connectivity index (χ3v) is 7.84. The average Bonchev–Trinajstić information content (AvgIpc) is 3.34. The molecule has 0 radical (unpaired) electrons. The van der Waals surface area contributed by atoms with E-state index in [1.54, 1.807) is 6.07 Å². The number of nitrogens with zero attached hydrogens (tertiary/aromatic N) is 4. The Kier molecular flexibility index (Phi) is 10.7. The second-order valence-electron chi connectivity index (χ2n) is 12.0. The van der Waals surface area contributed by atoms with E-state index in [1.807, 2.05) is 45.9 Å². The number of ether oxygens (including phenoxy) is 1. The fraction of sp³-hybridized carbons (Fsp3) is 0.500. The molecular weight excluding hydrogens is 512 g/mol. The number of pyridine rings is 1. The van der Waals surface area contributed by atoms with Gasteiger partial charge in [-0.05, 0) is 68.8 Å². The molecule has 2 aromatic heterocycles. The summed E-state index contributed by atoms with van der Waals surface area (Å²) in [4.78, 5) is 30.9. The van der Waals surface area contributed by atoms with Crippen LogP contribution in [0, 0.1) is 11.8 Å². The molecule has 0 N–H and O–H groups in total. The predicted molar refractivity (Wildman–Crippen MR) is 166 cm³/mol. The van der Waals surface area contributed by atoms with Crippen LogP contribution in [-0.2, 0) is 4.74 Å². The van der Waals surface area contributed by atoms with Crippen LogP contribution in [0.3, 0.4) is 0 Å². The number of hydrogen-bond donors (Lipinski definition) is 0. The summed E-state index contributed by atoms with van der Waals surface area (Å²) in [5, 5.41) is 4.91. The lowest BCUT2D eigenvalue weighted by Crippen LogP contribution is -2.34. The lowest BCUT2D eigenvalue weighted by molar-refractivity contribution is 0.0601. The number of carbonyl (C=O) groups excluding carboxylic acids is 2. The number of rotatable bonds is 12. The lowest BCUT2D eigenvalue weighted by atomic mass is 10.00. The van der Waals surface area contributed by atoms with Gasteiger partial charge in [-0.15, -0.1) is 0 Å². The molecule has 0 aliphatic carbocycles. The molecule has 7 nitrogen and oxygen atoms in total. The molecule has 1 fully saturated rings. The van der Waals surface area contributed by atoms with Gasteiger partial charge in [-0.1, -0.05) is 64.5 Å². The first-order chi connectivity index (χ1) is 19.8. The van der Waals surface area contributed by atoms with E-state index in [4.69, 9.17) is 9.84 Å². The van der Waals surface area contributed by atoms with Crippen molar-refractivity contribution in [3.8, 4) is 11.3 Å². The lowest BCUT2D eigenvalue weighted by Gasteiger charge is -2.25. The largest absolute Gasteiger partial charge is 0.465 e. The molecule has 0 unspecified atom stereocenters. The highest BCUT2D eigenvalue weighted by molar-refractivity contribution is 6.00. The van der Waals surface area contributed by atoms with Crippen molar-refractivity contribution in [3.63, 3.8) is 0 Å². The summed E-state index contributed by atoms with van der Waals surface area (Å²) in [6, 6.07) is 11.2. The van der Waals surface area contributed by atoms with Crippen molar-refractivity contribution in [1.82, 2.24) is 19.4 Å². The summed E-state index contributed by atoms with van der Waals surface area (Å²) in [6.45, 7) is 13.3. The third-order valence-electron chi connectivity index (χ3n) is 7.84. The van der Waals surface area contributed by atoms with Gasteiger partial charge in [0, 0.05) is 42.5 Å². The minimum absolute atomic E-state index is 0.0507. The van der Waals surface area contributed by atoms with E-state index in [0.717, 1.165) is 56.6 Å². The Morgan fingerprint density at radius 2 is 1.68 bits per heavy atom. The number of esters is 1. The minimum atomic E-state index is -0.400. The van der Waals surface area contributed by atoms with E-state index in [1.165, 1.54) is 26.4 Å². The molecule has 1 aliphatic rings. The number of likely N-dealkylation sites (tertiary alicyclic amines) is 1. The van der Waals surface area contributed by atoms with E-state index in [0.29, 0.717) is 34.2 Å². The number of amides is 1. The molecule has 4 rings (SSSR count). The van der Waals surface area contributed by atoms with Gasteiger partial charge in [0.15, 0.2) is 0 Å². The summed E-state index contributed by atoms with van der Waals surface area (Å²) in [5.74, 6) is 0.698. The fourth-order valence-corrected chi connectivity index (χ4v) is 5.33. The van der Waals surface area contributed by atoms with Gasteiger partial charge in [0.05, 0.1) is 18.2 Å². The van der Waals surface area contributed by atoms with Gasteiger partial charge in [-0.3, -0.25) is 9.69 Å². The summed E-state index contributed by atoms with van der Waals surface area (Å²) >= 11 is 0. The second kappa shape index (κ2) is 14.4. The van der Waals surface area contributed by atoms with Gasteiger partial charge in [0.2, 0.25) is 0 Å². The van der Waals surface area contributed by atoms with Gasteiger partial charge in [-0.25, -0.2) is 9.31 Å². The van der Waals surface area contributed by atoms with Gasteiger partial charge in [0.1, 0.15) is 5.69 Å². The van der Waals surface area contributed by atoms with Crippen molar-refractivity contribution in [2.45, 2.75) is 59.8 Å². The van der Waals surface area contributed by atoms with Gasteiger partial charge < -0.3 is 9.64 Å². The number of piperidine rings is 1. The molecule has 0 saturated carbocycles. The monoisotopic (exact) mass is 558 g/mol. The van der Waals surface area contributed by atoms with Crippen LogP contribution in [0.2, 0.25) is 0 Å². The predicted octanol–water partition coefficient (Wildman–Crippen LogP) is 6.82. The maximum atomic E-state index is 13.8. The molecule has 0 bridgehead atoms. The molecule has 41 heavy (non-hydrogen) atoms. The topological polar surface area (TPSA) is 67.1 Å². The molecule has 1 saturated heterocycles. The Balaban J connectivity index is 1.76. The Morgan fingerprint density at radius 1 is 1.00 bits per heavy atom. The SMILES string of the molecule is COC(=O)c1ccccc1-c1nn2ccc(C(=O)N(CCC(C)C)CCC(C)C)cc2c1/C=C/CN1CCCCC1. The van der Waals surface area contributed by atoms with Crippen molar-refractivity contribution in [1.29, 1.82) is 0 Å². The summed E-state index contributed by atoms with van der Waals surface area (Å²) in [5.41, 5.74) is 4.26. The van der Waals surface area contributed by atoms with Crippen LogP contribution in [0.4, 0.5) is 0 Å². The molecule has 1 aliphatic heterocycles. The zero-order chi connectivity index (χ0) is 29.4. The number of carbonyl (C=O) groups is 2. The van der Waals surface area contributed by atoms with Crippen molar-refractivity contribution in [2.24, 2.45) is 11.8 Å². The first kappa shape index (κ1) is 30.5. The quantitative estimate of drug-likeness (QED) is 0.228. The number of aromatic nitrogens is 2. The van der Waals surface area contributed by atoms with E-state index in [2.05, 4.69) is 44.7 Å². The van der Waals surface area contributed by atoms with Crippen LogP contribution < -0.4 is 0 Å². The Hall–Kier alpha value is -3.45. The Bertz CT molecular complexity index is 1340. The van der Waals surface area contributed by atoms with Gasteiger partial charge in [-0.2, -0.15) is 5.10 Å². The average molecular weight is 559 g/mol. The minimum Gasteiger partial charge on any atom is -0.465 e. The van der Waals surface area contributed by atoms with Gasteiger partial charge in [0.25, 0.3) is 5.91 Å². The van der Waals surface area contributed by atoms with E-state index in [9.17, 15) is 9.59 Å². The van der Waals surface area contributed by atoms with E-state index in [-0.39, 0.29) is 5.91 Å². The molecule has 1 aromatic carbocycles. The molecule has 3 aromatic rings. The highest BCUT2D eigenvalue weighted by Crippen LogP contribution is 2.31. The normalized spacial score (nSPS) is 14.4. The Labute approximate surface area is 245 Å². The molecule has 7 heteroatoms. The number of fused-ring (bicyclic) bond motifs is 1. The van der Waals surface area contributed by atoms with Crippen LogP contribution in [-0.4, -0.2) is 71.1 Å². The van der Waals surface area contributed by atoms with Crippen LogP contribution in [0.1, 0.15) is 86.1 Å². The fourth-order valence-electron chi connectivity index (χ4n) is 5.33. The highest BCUT2D eigenvalue weighted by Gasteiger charge is 2.22. The molecule has 220 valence electrons.